The number of hydrogen-bond acceptors (Lipinski definition) is 3. The van der Waals surface area contributed by atoms with Crippen LogP contribution in [0.2, 0.25) is 0 Å². The summed E-state index contributed by atoms with van der Waals surface area (Å²) in [4.78, 5) is 23.4. The van der Waals surface area contributed by atoms with Gasteiger partial charge in [0.1, 0.15) is 0 Å². The lowest BCUT2D eigenvalue weighted by Gasteiger charge is -2.07. The number of hydrogen-bond donors (Lipinski definition) is 2. The highest BCUT2D eigenvalue weighted by molar-refractivity contribution is 5.95. The van der Waals surface area contributed by atoms with E-state index < -0.39 is 0 Å². The maximum absolute atomic E-state index is 11.8. The van der Waals surface area contributed by atoms with Gasteiger partial charge in [-0.3, -0.25) is 9.59 Å². The zero-order chi connectivity index (χ0) is 15.8. The first-order chi connectivity index (χ1) is 9.88. The molecule has 0 aromatic heterocycles. The molecule has 0 unspecified atom stereocenters. The van der Waals surface area contributed by atoms with E-state index in [1.807, 2.05) is 27.7 Å². The zero-order valence-corrected chi connectivity index (χ0v) is 13.0. The van der Waals surface area contributed by atoms with Gasteiger partial charge < -0.3 is 5.32 Å². The van der Waals surface area contributed by atoms with Crippen LogP contribution < -0.4 is 10.7 Å². The first kappa shape index (κ1) is 16.9. The minimum absolute atomic E-state index is 0.0243. The molecule has 2 N–H and O–H groups in total. The number of carbonyl (C=O) groups excluding carboxylic acids is 2. The summed E-state index contributed by atoms with van der Waals surface area (Å²) >= 11 is 0. The van der Waals surface area contributed by atoms with E-state index in [4.69, 9.17) is 0 Å². The predicted molar refractivity (Wildman–Crippen MR) is 85.3 cm³/mol. The predicted octanol–water partition coefficient (Wildman–Crippen LogP) is 3.04. The number of benzene rings is 1. The number of carbonyl (C=O) groups is 2. The van der Waals surface area contributed by atoms with Gasteiger partial charge in [0.25, 0.3) is 5.91 Å². The number of nitrogens with zero attached hydrogens (tertiary/aromatic N) is 1. The molecule has 0 bridgehead atoms. The molecule has 0 fully saturated rings. The topological polar surface area (TPSA) is 70.6 Å². The molecule has 0 aliphatic heterocycles. The molecule has 0 aliphatic carbocycles. The fourth-order valence-electron chi connectivity index (χ4n) is 1.60. The first-order valence-electron chi connectivity index (χ1n) is 7.12. The van der Waals surface area contributed by atoms with E-state index in [2.05, 4.69) is 15.8 Å². The normalized spacial score (nSPS) is 11.1. The average molecular weight is 289 g/mol. The number of hydrazone groups is 1. The Morgan fingerprint density at radius 3 is 2.29 bits per heavy atom. The Kier molecular flexibility index (Phi) is 6.59. The molecule has 1 aromatic rings. The van der Waals surface area contributed by atoms with Crippen molar-refractivity contribution in [1.29, 1.82) is 0 Å². The second-order valence-corrected chi connectivity index (χ2v) is 5.69. The van der Waals surface area contributed by atoms with Gasteiger partial charge in [-0.05, 0) is 36.1 Å². The van der Waals surface area contributed by atoms with Crippen LogP contribution in [0.3, 0.4) is 0 Å². The number of anilines is 1. The largest absolute Gasteiger partial charge is 0.326 e. The molecule has 0 radical (unpaired) electrons. The van der Waals surface area contributed by atoms with Crippen molar-refractivity contribution in [1.82, 2.24) is 5.43 Å². The second-order valence-electron chi connectivity index (χ2n) is 5.69. The molecule has 5 nitrogen and oxygen atoms in total. The van der Waals surface area contributed by atoms with Gasteiger partial charge >= 0.3 is 0 Å². The maximum Gasteiger partial charge on any atom is 0.271 e. The van der Waals surface area contributed by atoms with E-state index in [0.29, 0.717) is 23.6 Å². The van der Waals surface area contributed by atoms with Crippen molar-refractivity contribution >= 4 is 23.7 Å². The molecule has 0 spiro atoms. The fraction of sp³-hybridized carbons (Fsp3) is 0.438. The van der Waals surface area contributed by atoms with Crippen LogP contribution in [0.15, 0.2) is 29.4 Å². The summed E-state index contributed by atoms with van der Waals surface area (Å²) in [5.41, 5.74) is 3.64. The van der Waals surface area contributed by atoms with Crippen LogP contribution in [0.1, 0.15) is 44.5 Å². The Labute approximate surface area is 125 Å². The van der Waals surface area contributed by atoms with Crippen molar-refractivity contribution < 1.29 is 9.59 Å². The van der Waals surface area contributed by atoms with Crippen LogP contribution in [-0.4, -0.2) is 18.0 Å². The molecular weight excluding hydrogens is 266 g/mol. The van der Waals surface area contributed by atoms with Crippen LogP contribution >= 0.6 is 0 Å². The Bertz CT molecular complexity index is 505. The van der Waals surface area contributed by atoms with Gasteiger partial charge in [-0.2, -0.15) is 5.10 Å². The SMILES string of the molecule is CC(C)/C=N/NC(=O)c1ccc(NC(=O)CC(C)C)cc1. The van der Waals surface area contributed by atoms with Gasteiger partial charge in [0.2, 0.25) is 5.91 Å². The Hall–Kier alpha value is -2.17. The summed E-state index contributed by atoms with van der Waals surface area (Å²) in [5, 5.41) is 6.65. The second kappa shape index (κ2) is 8.19. The van der Waals surface area contributed by atoms with E-state index in [-0.39, 0.29) is 17.7 Å². The van der Waals surface area contributed by atoms with Crippen molar-refractivity contribution in [3.8, 4) is 0 Å². The summed E-state index contributed by atoms with van der Waals surface area (Å²) in [7, 11) is 0. The van der Waals surface area contributed by atoms with E-state index in [9.17, 15) is 9.59 Å². The highest BCUT2D eigenvalue weighted by atomic mass is 16.2. The van der Waals surface area contributed by atoms with E-state index in [0.717, 1.165) is 0 Å². The van der Waals surface area contributed by atoms with Crippen LogP contribution in [0, 0.1) is 11.8 Å². The summed E-state index contributed by atoms with van der Waals surface area (Å²) in [6.45, 7) is 7.93. The van der Waals surface area contributed by atoms with E-state index in [1.54, 1.807) is 30.5 Å². The first-order valence-corrected chi connectivity index (χ1v) is 7.12. The van der Waals surface area contributed by atoms with Crippen molar-refractivity contribution in [2.45, 2.75) is 34.1 Å². The number of amides is 2. The Morgan fingerprint density at radius 2 is 1.76 bits per heavy atom. The summed E-state index contributed by atoms with van der Waals surface area (Å²) in [6, 6.07) is 6.73. The summed E-state index contributed by atoms with van der Waals surface area (Å²) in [6.07, 6.45) is 2.14. The van der Waals surface area contributed by atoms with Crippen LogP contribution in [0.25, 0.3) is 0 Å². The minimum Gasteiger partial charge on any atom is -0.326 e. The average Bonchev–Trinajstić information content (AvgIpc) is 2.37. The third kappa shape index (κ3) is 6.70. The van der Waals surface area contributed by atoms with E-state index in [1.165, 1.54) is 0 Å². The van der Waals surface area contributed by atoms with Gasteiger partial charge in [-0.15, -0.1) is 0 Å². The van der Waals surface area contributed by atoms with Gasteiger partial charge in [0.05, 0.1) is 0 Å². The molecule has 5 heteroatoms. The molecule has 0 saturated carbocycles. The van der Waals surface area contributed by atoms with Gasteiger partial charge in [-0.25, -0.2) is 5.43 Å². The highest BCUT2D eigenvalue weighted by Crippen LogP contribution is 2.11. The van der Waals surface area contributed by atoms with Crippen molar-refractivity contribution in [3.05, 3.63) is 29.8 Å². The molecule has 1 aromatic carbocycles. The van der Waals surface area contributed by atoms with Crippen molar-refractivity contribution in [3.63, 3.8) is 0 Å². The lowest BCUT2D eigenvalue weighted by Crippen LogP contribution is -2.18. The third-order valence-electron chi connectivity index (χ3n) is 2.56. The number of nitrogens with one attached hydrogen (secondary N) is 2. The highest BCUT2D eigenvalue weighted by Gasteiger charge is 2.07. The molecule has 0 aliphatic rings. The third-order valence-corrected chi connectivity index (χ3v) is 2.56. The summed E-state index contributed by atoms with van der Waals surface area (Å²) in [5.74, 6) is 0.299. The molecule has 114 valence electrons. The van der Waals surface area contributed by atoms with Gasteiger partial charge in [0, 0.05) is 23.9 Å². The summed E-state index contributed by atoms with van der Waals surface area (Å²) < 4.78 is 0. The quantitative estimate of drug-likeness (QED) is 0.624. The maximum atomic E-state index is 11.8. The van der Waals surface area contributed by atoms with Crippen LogP contribution in [0.5, 0.6) is 0 Å². The van der Waals surface area contributed by atoms with Crippen molar-refractivity contribution in [2.24, 2.45) is 16.9 Å². The van der Waals surface area contributed by atoms with E-state index >= 15 is 0 Å². The van der Waals surface area contributed by atoms with Crippen molar-refractivity contribution in [2.75, 3.05) is 5.32 Å². The van der Waals surface area contributed by atoms with Crippen LogP contribution in [-0.2, 0) is 4.79 Å². The Balaban J connectivity index is 2.57. The van der Waals surface area contributed by atoms with Gasteiger partial charge in [0.15, 0.2) is 0 Å². The molecule has 0 atom stereocenters. The lowest BCUT2D eigenvalue weighted by atomic mass is 10.1. The Morgan fingerprint density at radius 1 is 1.14 bits per heavy atom. The zero-order valence-electron chi connectivity index (χ0n) is 13.0. The number of rotatable bonds is 6. The molecule has 0 saturated heterocycles. The van der Waals surface area contributed by atoms with Gasteiger partial charge in [-0.1, -0.05) is 27.7 Å². The molecule has 0 heterocycles. The smallest absolute Gasteiger partial charge is 0.271 e. The molecule has 1 rings (SSSR count). The standard InChI is InChI=1S/C16H23N3O2/c1-11(2)9-15(20)18-14-7-5-13(6-8-14)16(21)19-17-10-12(3)4/h5-8,10-12H,9H2,1-4H3,(H,18,20)(H,19,21)/b17-10+. The minimum atomic E-state index is -0.271. The molecule has 2 amide bonds. The molecule has 21 heavy (non-hydrogen) atoms. The fourth-order valence-corrected chi connectivity index (χ4v) is 1.60. The lowest BCUT2D eigenvalue weighted by molar-refractivity contribution is -0.116. The molecular formula is C16H23N3O2. The monoisotopic (exact) mass is 289 g/mol. The van der Waals surface area contributed by atoms with Crippen LogP contribution in [0.4, 0.5) is 5.69 Å².